The molecule has 0 N–H and O–H groups in total. The minimum atomic E-state index is -1.74. The van der Waals surface area contributed by atoms with Crippen molar-refractivity contribution in [3.05, 3.63) is 12.2 Å². The molecule has 0 aliphatic rings. The Morgan fingerprint density at radius 2 is 1.69 bits per heavy atom. The molecule has 0 saturated heterocycles. The summed E-state index contributed by atoms with van der Waals surface area (Å²) in [7, 11) is -0.261. The van der Waals surface area contributed by atoms with Crippen LogP contribution in [0.2, 0.25) is 19.6 Å². The number of methoxy groups -OCH3 is 1. The number of hydrogen-bond donors (Lipinski definition) is 0. The Bertz CT molecular complexity index is 271. The summed E-state index contributed by atoms with van der Waals surface area (Å²) in [6, 6.07) is 0. The van der Waals surface area contributed by atoms with Gasteiger partial charge >= 0.3 is 11.9 Å². The smallest absolute Gasteiger partial charge is 0.316 e. The number of carbonyl (C=O) groups is 1. The van der Waals surface area contributed by atoms with E-state index in [0.29, 0.717) is 0 Å². The molecule has 0 radical (unpaired) electrons. The van der Waals surface area contributed by atoms with Crippen LogP contribution >= 0.6 is 0 Å². The van der Waals surface area contributed by atoms with E-state index in [1.807, 2.05) is 19.6 Å². The molecule has 16 heavy (non-hydrogen) atoms. The quantitative estimate of drug-likeness (QED) is 0.434. The number of esters is 1. The highest BCUT2D eigenvalue weighted by Gasteiger charge is 2.24. The fourth-order valence-electron chi connectivity index (χ4n) is 0.694. The van der Waals surface area contributed by atoms with Gasteiger partial charge in [-0.3, -0.25) is 4.79 Å². The Labute approximate surface area is 98.7 Å². The molecule has 0 heterocycles. The molecule has 0 rings (SSSR count). The second-order valence-electron chi connectivity index (χ2n) is 5.51. The van der Waals surface area contributed by atoms with Crippen LogP contribution in [0.1, 0.15) is 20.8 Å². The normalized spacial score (nSPS) is 13.3. The van der Waals surface area contributed by atoms with Gasteiger partial charge in [-0.05, 0) is 40.4 Å². The van der Waals surface area contributed by atoms with E-state index < -0.39 is 13.7 Å². The van der Waals surface area contributed by atoms with Gasteiger partial charge in [0.1, 0.15) is 0 Å². The van der Waals surface area contributed by atoms with Crippen LogP contribution in [-0.2, 0) is 18.7 Å². The van der Waals surface area contributed by atoms with Gasteiger partial charge in [-0.2, -0.15) is 0 Å². The summed E-state index contributed by atoms with van der Waals surface area (Å²) in [6.45, 7) is 11.4. The molecule has 0 aromatic carbocycles. The summed E-state index contributed by atoms with van der Waals surface area (Å²) in [5.74, 6) is -0.0713. The molecule has 0 fully saturated rings. The minimum absolute atomic E-state index is 0.247. The molecular weight excluding hydrogens is 224 g/mol. The van der Waals surface area contributed by atoms with Crippen molar-refractivity contribution >= 4 is 14.3 Å². The maximum atomic E-state index is 11.5. The van der Waals surface area contributed by atoms with Crippen LogP contribution in [0.3, 0.4) is 0 Å². The van der Waals surface area contributed by atoms with Crippen molar-refractivity contribution in [2.45, 2.75) is 40.4 Å². The van der Waals surface area contributed by atoms with E-state index in [-0.39, 0.29) is 11.9 Å². The summed E-state index contributed by atoms with van der Waals surface area (Å²) >= 11 is 0. The van der Waals surface area contributed by atoms with Crippen LogP contribution in [-0.4, -0.2) is 21.4 Å². The maximum Gasteiger partial charge on any atom is 0.316 e. The lowest BCUT2D eigenvalue weighted by Gasteiger charge is -2.20. The van der Waals surface area contributed by atoms with E-state index in [0.717, 1.165) is 0 Å². The Kier molecular flexibility index (Phi) is 5.06. The van der Waals surface area contributed by atoms with Crippen LogP contribution in [0.25, 0.3) is 0 Å². The zero-order valence-corrected chi connectivity index (χ0v) is 12.2. The first-order chi connectivity index (χ1) is 7.06. The SMILES string of the molecule is CO/C(=C\OC(=O)C(C)(C)C)O[Si](C)(C)C. The predicted molar refractivity (Wildman–Crippen MR) is 65.1 cm³/mol. The van der Waals surface area contributed by atoms with Crippen molar-refractivity contribution < 1.29 is 18.7 Å². The molecular formula is C11H22O4Si. The second kappa shape index (κ2) is 5.38. The maximum absolute atomic E-state index is 11.5. The summed E-state index contributed by atoms with van der Waals surface area (Å²) < 4.78 is 15.5. The average Bonchev–Trinajstić information content (AvgIpc) is 2.08. The monoisotopic (exact) mass is 246 g/mol. The fourth-order valence-corrected chi connectivity index (χ4v) is 1.43. The van der Waals surface area contributed by atoms with E-state index in [4.69, 9.17) is 13.9 Å². The lowest BCUT2D eigenvalue weighted by atomic mass is 9.98. The first-order valence-electron chi connectivity index (χ1n) is 5.20. The van der Waals surface area contributed by atoms with Crippen LogP contribution in [0, 0.1) is 5.41 Å². The molecule has 0 spiro atoms. The molecule has 0 saturated carbocycles. The van der Waals surface area contributed by atoms with E-state index in [9.17, 15) is 4.79 Å². The standard InChI is InChI=1S/C11H22O4Si/c1-11(2,3)10(12)14-8-9(13-4)15-16(5,6)7/h8H,1-7H3/b9-8+. The number of carbonyl (C=O) groups excluding carboxylic acids is 1. The van der Waals surface area contributed by atoms with Gasteiger partial charge in [-0.15, -0.1) is 0 Å². The van der Waals surface area contributed by atoms with Crippen molar-refractivity contribution in [1.29, 1.82) is 0 Å². The van der Waals surface area contributed by atoms with Gasteiger partial charge in [-0.1, -0.05) is 0 Å². The van der Waals surface area contributed by atoms with Gasteiger partial charge in [-0.25, -0.2) is 0 Å². The van der Waals surface area contributed by atoms with E-state index in [2.05, 4.69) is 0 Å². The lowest BCUT2D eigenvalue weighted by Crippen LogP contribution is -2.26. The van der Waals surface area contributed by atoms with Crippen LogP contribution in [0.5, 0.6) is 0 Å². The Hall–Kier alpha value is -0.973. The third-order valence-electron chi connectivity index (χ3n) is 1.48. The van der Waals surface area contributed by atoms with Crippen molar-refractivity contribution in [3.8, 4) is 0 Å². The van der Waals surface area contributed by atoms with Gasteiger partial charge in [0.25, 0.3) is 0 Å². The van der Waals surface area contributed by atoms with Gasteiger partial charge in [0.2, 0.25) is 8.32 Å². The summed E-state index contributed by atoms with van der Waals surface area (Å²) in [5, 5.41) is 0. The van der Waals surface area contributed by atoms with Crippen molar-refractivity contribution in [2.75, 3.05) is 7.11 Å². The zero-order valence-electron chi connectivity index (χ0n) is 11.2. The summed E-state index contributed by atoms with van der Waals surface area (Å²) in [6.07, 6.45) is 1.23. The molecule has 0 amide bonds. The van der Waals surface area contributed by atoms with E-state index in [1.165, 1.54) is 13.4 Å². The first kappa shape index (κ1) is 15.0. The predicted octanol–water partition coefficient (Wildman–Crippen LogP) is 2.87. The molecule has 4 nitrogen and oxygen atoms in total. The molecule has 0 unspecified atom stereocenters. The van der Waals surface area contributed by atoms with Crippen molar-refractivity contribution in [3.63, 3.8) is 0 Å². The van der Waals surface area contributed by atoms with Crippen LogP contribution in [0.15, 0.2) is 12.2 Å². The van der Waals surface area contributed by atoms with Crippen LogP contribution < -0.4 is 0 Å². The topological polar surface area (TPSA) is 44.8 Å². The Morgan fingerprint density at radius 1 is 1.19 bits per heavy atom. The van der Waals surface area contributed by atoms with Crippen molar-refractivity contribution in [2.24, 2.45) is 5.41 Å². The highest BCUT2D eigenvalue weighted by molar-refractivity contribution is 6.69. The highest BCUT2D eigenvalue weighted by Crippen LogP contribution is 2.17. The summed E-state index contributed by atoms with van der Waals surface area (Å²) in [4.78, 5) is 11.5. The molecule has 94 valence electrons. The second-order valence-corrected chi connectivity index (χ2v) is 9.94. The molecule has 0 bridgehead atoms. The van der Waals surface area contributed by atoms with Crippen molar-refractivity contribution in [1.82, 2.24) is 0 Å². The molecule has 0 atom stereocenters. The first-order valence-corrected chi connectivity index (χ1v) is 8.61. The third-order valence-corrected chi connectivity index (χ3v) is 2.30. The Morgan fingerprint density at radius 3 is 2.00 bits per heavy atom. The molecule has 5 heteroatoms. The highest BCUT2D eigenvalue weighted by atomic mass is 28.4. The van der Waals surface area contributed by atoms with Gasteiger partial charge in [0.05, 0.1) is 12.5 Å². The van der Waals surface area contributed by atoms with Gasteiger partial charge in [0, 0.05) is 0 Å². The minimum Gasteiger partial charge on any atom is -0.518 e. The van der Waals surface area contributed by atoms with E-state index >= 15 is 0 Å². The molecule has 0 aliphatic heterocycles. The van der Waals surface area contributed by atoms with E-state index in [1.54, 1.807) is 20.8 Å². The van der Waals surface area contributed by atoms with Gasteiger partial charge in [0.15, 0.2) is 6.26 Å². The Balaban J connectivity index is 4.45. The average molecular weight is 246 g/mol. The fraction of sp³-hybridized carbons (Fsp3) is 0.727. The number of hydrogen-bond acceptors (Lipinski definition) is 4. The third kappa shape index (κ3) is 6.50. The molecule has 0 aromatic rings. The molecule has 0 aliphatic carbocycles. The largest absolute Gasteiger partial charge is 0.518 e. The van der Waals surface area contributed by atoms with Gasteiger partial charge < -0.3 is 13.9 Å². The number of rotatable bonds is 4. The lowest BCUT2D eigenvalue weighted by molar-refractivity contribution is -0.147. The number of ether oxygens (including phenoxy) is 2. The summed E-state index contributed by atoms with van der Waals surface area (Å²) in [5.41, 5.74) is -0.533. The van der Waals surface area contributed by atoms with Crippen LogP contribution in [0.4, 0.5) is 0 Å². The zero-order chi connectivity index (χ0) is 13.0. The molecule has 0 aromatic heterocycles.